The lowest BCUT2D eigenvalue weighted by Crippen LogP contribution is -2.55. The number of para-hydroxylation sites is 2. The molecule has 16 rings (SSSR count). The molecule has 2 heterocycles. The standard InChI is InChI=1S/C64H46N2O2/c1-2-10-40(11-3-1)41-20-22-43(23-21-41)63-65-56-37-45(25-27-54(56)61(66-63)47-15-8-14-46(35-47)51-17-9-13-42-12-4-5-16-50(42)51)44-24-26-52-53-28-29-59-62(68-58-19-7-6-18-57(58)67-59)60(53)64(55(52)36-44)48-31-38-30-39(33-48)34-49(64)32-38/h1-29,35-39,48-49H,30-34H2. The third kappa shape index (κ3) is 5.67. The van der Waals surface area contributed by atoms with Gasteiger partial charge in [0.15, 0.2) is 28.8 Å². The molecular formula is C64H46N2O2. The van der Waals surface area contributed by atoms with Crippen molar-refractivity contribution in [1.29, 1.82) is 0 Å². The van der Waals surface area contributed by atoms with Crippen molar-refractivity contribution in [2.24, 2.45) is 23.7 Å². The SMILES string of the molecule is c1ccc(-c2ccc(-c3nc(-c4cccc(-c5cccc6ccccc56)c4)c4ccc(-c5ccc6c(c5)C5(c7c-6ccc6c7Oc7ccccc7O6)C6CC7CC(C6)CC5C7)cc4n3)cc2)cc1. The second kappa shape index (κ2) is 14.6. The molecule has 0 unspecified atom stereocenters. The fourth-order valence-electron chi connectivity index (χ4n) is 13.9. The Morgan fingerprint density at radius 3 is 1.87 bits per heavy atom. The van der Waals surface area contributed by atoms with Gasteiger partial charge in [0.1, 0.15) is 0 Å². The van der Waals surface area contributed by atoms with E-state index in [1.165, 1.54) is 87.4 Å². The van der Waals surface area contributed by atoms with Crippen molar-refractivity contribution in [3.05, 3.63) is 205 Å². The Labute approximate surface area is 395 Å². The van der Waals surface area contributed by atoms with Crippen LogP contribution in [0.5, 0.6) is 23.0 Å². The molecule has 1 aliphatic heterocycles. The zero-order chi connectivity index (χ0) is 44.5. The predicted molar refractivity (Wildman–Crippen MR) is 274 cm³/mol. The van der Waals surface area contributed by atoms with Crippen molar-refractivity contribution in [1.82, 2.24) is 9.97 Å². The van der Waals surface area contributed by atoms with Gasteiger partial charge in [0.2, 0.25) is 0 Å². The highest BCUT2D eigenvalue weighted by molar-refractivity contribution is 6.00. The van der Waals surface area contributed by atoms with Crippen LogP contribution in [0.1, 0.15) is 43.2 Å². The molecule has 4 nitrogen and oxygen atoms in total. The summed E-state index contributed by atoms with van der Waals surface area (Å²) in [5.41, 5.74) is 16.4. The highest BCUT2D eigenvalue weighted by atomic mass is 16.6. The van der Waals surface area contributed by atoms with E-state index in [4.69, 9.17) is 19.4 Å². The number of aromatic nitrogens is 2. The molecule has 9 aromatic carbocycles. The molecule has 10 aromatic rings. The van der Waals surface area contributed by atoms with Crippen molar-refractivity contribution in [2.45, 2.75) is 37.5 Å². The number of nitrogens with zero attached hydrogens (tertiary/aromatic N) is 2. The van der Waals surface area contributed by atoms with E-state index in [9.17, 15) is 0 Å². The van der Waals surface area contributed by atoms with Gasteiger partial charge in [-0.15, -0.1) is 0 Å². The minimum Gasteiger partial charge on any atom is -0.450 e. The molecule has 324 valence electrons. The Kier molecular flexibility index (Phi) is 8.22. The third-order valence-electron chi connectivity index (χ3n) is 16.5. The van der Waals surface area contributed by atoms with Crippen molar-refractivity contribution in [3.8, 4) is 90.2 Å². The van der Waals surface area contributed by atoms with Crippen LogP contribution < -0.4 is 9.47 Å². The molecule has 5 aliphatic carbocycles. The van der Waals surface area contributed by atoms with Crippen molar-refractivity contribution in [3.63, 3.8) is 0 Å². The molecule has 4 heteroatoms. The molecule has 0 N–H and O–H groups in total. The molecule has 4 fully saturated rings. The van der Waals surface area contributed by atoms with Crippen LogP contribution in [0.4, 0.5) is 0 Å². The van der Waals surface area contributed by atoms with Crippen LogP contribution in [0, 0.1) is 23.7 Å². The van der Waals surface area contributed by atoms with Crippen molar-refractivity contribution < 1.29 is 9.47 Å². The van der Waals surface area contributed by atoms with E-state index < -0.39 is 0 Å². The smallest absolute Gasteiger partial charge is 0.174 e. The first-order valence-electron chi connectivity index (χ1n) is 24.5. The average Bonchev–Trinajstić information content (AvgIpc) is 3.69. The molecule has 0 atom stereocenters. The van der Waals surface area contributed by atoms with Crippen molar-refractivity contribution >= 4 is 21.7 Å². The normalized spacial score (nSPS) is 21.2. The summed E-state index contributed by atoms with van der Waals surface area (Å²) in [6.45, 7) is 0. The first kappa shape index (κ1) is 38.3. The quantitative estimate of drug-likeness (QED) is 0.173. The van der Waals surface area contributed by atoms with Gasteiger partial charge in [-0.1, -0.05) is 152 Å². The van der Waals surface area contributed by atoms with E-state index in [-0.39, 0.29) is 5.41 Å². The molecule has 1 aromatic heterocycles. The lowest BCUT2D eigenvalue weighted by molar-refractivity contribution is -0.0406. The second-order valence-corrected chi connectivity index (χ2v) is 20.1. The Morgan fingerprint density at radius 2 is 1.03 bits per heavy atom. The van der Waals surface area contributed by atoms with Gasteiger partial charge < -0.3 is 9.47 Å². The van der Waals surface area contributed by atoms with Crippen molar-refractivity contribution in [2.75, 3.05) is 0 Å². The number of hydrogen-bond donors (Lipinski definition) is 0. The fourth-order valence-corrected chi connectivity index (χ4v) is 13.9. The summed E-state index contributed by atoms with van der Waals surface area (Å²) >= 11 is 0. The molecular weight excluding hydrogens is 829 g/mol. The van der Waals surface area contributed by atoms with Crippen LogP contribution in [0.25, 0.3) is 88.8 Å². The van der Waals surface area contributed by atoms with Gasteiger partial charge in [-0.05, 0) is 159 Å². The van der Waals surface area contributed by atoms with Gasteiger partial charge in [-0.25, -0.2) is 9.97 Å². The van der Waals surface area contributed by atoms with E-state index in [0.29, 0.717) is 17.7 Å². The number of ether oxygens (including phenoxy) is 2. The molecule has 0 radical (unpaired) electrons. The van der Waals surface area contributed by atoms with E-state index in [0.717, 1.165) is 73.7 Å². The highest BCUT2D eigenvalue weighted by Crippen LogP contribution is 2.72. The minimum absolute atomic E-state index is 0.130. The van der Waals surface area contributed by atoms with E-state index in [1.807, 2.05) is 24.3 Å². The Morgan fingerprint density at radius 1 is 0.397 bits per heavy atom. The summed E-state index contributed by atoms with van der Waals surface area (Å²) in [5, 5.41) is 3.50. The van der Waals surface area contributed by atoms with Crippen LogP contribution in [0.3, 0.4) is 0 Å². The molecule has 68 heavy (non-hydrogen) atoms. The predicted octanol–water partition coefficient (Wildman–Crippen LogP) is 16.7. The van der Waals surface area contributed by atoms with Gasteiger partial charge >= 0.3 is 0 Å². The molecule has 1 spiro atoms. The van der Waals surface area contributed by atoms with Gasteiger partial charge in [-0.2, -0.15) is 0 Å². The van der Waals surface area contributed by atoms with E-state index in [1.54, 1.807) is 0 Å². The molecule has 6 aliphatic rings. The second-order valence-electron chi connectivity index (χ2n) is 20.1. The topological polar surface area (TPSA) is 44.2 Å². The maximum Gasteiger partial charge on any atom is 0.174 e. The Balaban J connectivity index is 0.891. The monoisotopic (exact) mass is 874 g/mol. The summed E-state index contributed by atoms with van der Waals surface area (Å²) in [6, 6.07) is 70.1. The zero-order valence-corrected chi connectivity index (χ0v) is 37.5. The largest absolute Gasteiger partial charge is 0.450 e. The lowest BCUT2D eigenvalue weighted by Gasteiger charge is -2.61. The molecule has 4 saturated carbocycles. The van der Waals surface area contributed by atoms with Gasteiger partial charge in [0, 0.05) is 27.5 Å². The van der Waals surface area contributed by atoms with Crippen LogP contribution in [-0.4, -0.2) is 9.97 Å². The number of rotatable bonds is 5. The number of fused-ring (bicyclic) bond motifs is 8. The lowest BCUT2D eigenvalue weighted by atomic mass is 9.43. The van der Waals surface area contributed by atoms with Gasteiger partial charge in [-0.3, -0.25) is 0 Å². The van der Waals surface area contributed by atoms with Gasteiger partial charge in [0.05, 0.1) is 11.2 Å². The summed E-state index contributed by atoms with van der Waals surface area (Å²) < 4.78 is 13.6. The Bertz CT molecular complexity index is 3670. The van der Waals surface area contributed by atoms with Crippen LogP contribution in [0.2, 0.25) is 0 Å². The third-order valence-corrected chi connectivity index (χ3v) is 16.5. The van der Waals surface area contributed by atoms with E-state index >= 15 is 0 Å². The Hall–Kier alpha value is -7.82. The maximum absolute atomic E-state index is 6.98. The minimum atomic E-state index is -0.130. The summed E-state index contributed by atoms with van der Waals surface area (Å²) in [6.07, 6.45) is 6.52. The summed E-state index contributed by atoms with van der Waals surface area (Å²) in [7, 11) is 0. The fraction of sp³-hybridized carbons (Fsp3) is 0.156. The number of hydrogen-bond acceptors (Lipinski definition) is 4. The first-order valence-corrected chi connectivity index (χ1v) is 24.5. The molecule has 4 bridgehead atoms. The van der Waals surface area contributed by atoms with E-state index in [2.05, 4.69) is 170 Å². The van der Waals surface area contributed by atoms with Gasteiger partial charge in [0.25, 0.3) is 0 Å². The average molecular weight is 875 g/mol. The number of benzene rings is 9. The van der Waals surface area contributed by atoms with Crippen LogP contribution >= 0.6 is 0 Å². The first-order chi connectivity index (χ1) is 33.6. The highest BCUT2D eigenvalue weighted by Gasteiger charge is 2.63. The summed E-state index contributed by atoms with van der Waals surface area (Å²) in [4.78, 5) is 10.8. The molecule has 0 saturated heterocycles. The summed E-state index contributed by atoms with van der Waals surface area (Å²) in [5.74, 6) is 6.83. The van der Waals surface area contributed by atoms with Crippen LogP contribution in [0.15, 0.2) is 194 Å². The van der Waals surface area contributed by atoms with Crippen LogP contribution in [-0.2, 0) is 5.41 Å². The maximum atomic E-state index is 6.98. The zero-order valence-electron chi connectivity index (χ0n) is 37.5. The molecule has 0 amide bonds.